The molecule has 0 atom stereocenters. The van der Waals surface area contributed by atoms with Crippen molar-refractivity contribution in [2.75, 3.05) is 7.05 Å². The van der Waals surface area contributed by atoms with Crippen LogP contribution in [0, 0.1) is 6.92 Å². The van der Waals surface area contributed by atoms with E-state index in [0.717, 1.165) is 32.3 Å². The molecule has 0 saturated carbocycles. The summed E-state index contributed by atoms with van der Waals surface area (Å²) in [4.78, 5) is 28.1. The van der Waals surface area contributed by atoms with Gasteiger partial charge in [0.05, 0.1) is 15.6 Å². The lowest BCUT2D eigenvalue weighted by molar-refractivity contribution is -0.120. The van der Waals surface area contributed by atoms with Crippen molar-refractivity contribution in [1.82, 2.24) is 10.3 Å². The highest BCUT2D eigenvalue weighted by molar-refractivity contribution is 7.15. The summed E-state index contributed by atoms with van der Waals surface area (Å²) in [6.45, 7) is 1.94. The van der Waals surface area contributed by atoms with Crippen LogP contribution in [-0.4, -0.2) is 34.1 Å². The Hall–Kier alpha value is -3.19. The van der Waals surface area contributed by atoms with Gasteiger partial charge in [-0.05, 0) is 41.8 Å². The third-order valence-corrected chi connectivity index (χ3v) is 5.64. The van der Waals surface area contributed by atoms with E-state index in [1.807, 2.05) is 31.2 Å². The maximum Gasteiger partial charge on any atom is 0.339 e. The number of carboxylic acid groups (broad SMARTS) is 1. The number of aromatic carboxylic acids is 1. The van der Waals surface area contributed by atoms with Crippen molar-refractivity contribution in [2.24, 2.45) is 0 Å². The van der Waals surface area contributed by atoms with Crippen molar-refractivity contribution in [1.29, 1.82) is 0 Å². The summed E-state index contributed by atoms with van der Waals surface area (Å²) in [6.07, 6.45) is 0.994. The molecular weight excluding hydrogens is 376 g/mol. The Morgan fingerprint density at radius 2 is 1.82 bits per heavy atom. The Balaban J connectivity index is 1.90. The van der Waals surface area contributed by atoms with Gasteiger partial charge in [0.25, 0.3) is 0 Å². The monoisotopic (exact) mass is 396 g/mol. The first-order chi connectivity index (χ1) is 13.4. The number of rotatable bonds is 6. The molecule has 0 bridgehead atoms. The van der Waals surface area contributed by atoms with E-state index in [2.05, 4.69) is 10.3 Å². The second kappa shape index (κ2) is 8.22. The normalized spacial score (nSPS) is 10.6. The van der Waals surface area contributed by atoms with Crippen LogP contribution in [0.3, 0.4) is 0 Å². The highest BCUT2D eigenvalue weighted by Crippen LogP contribution is 2.34. The first kappa shape index (κ1) is 19.6. The number of amides is 1. The number of thiazole rings is 1. The number of nitrogens with one attached hydrogen (secondary N) is 1. The fourth-order valence-electron chi connectivity index (χ4n) is 2.90. The number of carboxylic acids is 1. The number of nitrogens with zero attached hydrogens (tertiary/aromatic N) is 1. The smallest absolute Gasteiger partial charge is 0.339 e. The standard InChI is InChI=1S/C21H20N2O4S/c1-12-20(28-19(23-12)9-8-18(25)22-2)15-5-3-4-13(10-15)14-6-7-16(21(26)27)17(24)11-14/h3-7,10-11,24H,8-9H2,1-2H3,(H,22,25)(H,26,27). The zero-order chi connectivity index (χ0) is 20.3. The van der Waals surface area contributed by atoms with Crippen molar-refractivity contribution < 1.29 is 19.8 Å². The minimum absolute atomic E-state index is 0.0129. The molecule has 0 aliphatic carbocycles. The van der Waals surface area contributed by atoms with Gasteiger partial charge in [0.2, 0.25) is 5.91 Å². The van der Waals surface area contributed by atoms with Gasteiger partial charge in [-0.1, -0.05) is 24.3 Å². The number of carbonyl (C=O) groups excluding carboxylic acids is 1. The van der Waals surface area contributed by atoms with E-state index in [9.17, 15) is 14.7 Å². The first-order valence-corrected chi connectivity index (χ1v) is 9.54. The minimum Gasteiger partial charge on any atom is -0.507 e. The quantitative estimate of drug-likeness (QED) is 0.587. The number of aromatic nitrogens is 1. The molecule has 0 fully saturated rings. The molecule has 0 aliphatic heterocycles. The molecule has 0 radical (unpaired) electrons. The summed E-state index contributed by atoms with van der Waals surface area (Å²) in [5, 5.41) is 22.5. The molecule has 3 aromatic rings. The van der Waals surface area contributed by atoms with Gasteiger partial charge < -0.3 is 15.5 Å². The van der Waals surface area contributed by atoms with E-state index in [0.29, 0.717) is 12.8 Å². The van der Waals surface area contributed by atoms with Crippen LogP contribution in [0.15, 0.2) is 42.5 Å². The zero-order valence-electron chi connectivity index (χ0n) is 15.5. The first-order valence-electron chi connectivity index (χ1n) is 8.73. The molecule has 1 amide bonds. The molecule has 28 heavy (non-hydrogen) atoms. The van der Waals surface area contributed by atoms with Crippen LogP contribution in [0.1, 0.15) is 27.5 Å². The minimum atomic E-state index is -1.16. The van der Waals surface area contributed by atoms with Gasteiger partial charge in [-0.3, -0.25) is 4.79 Å². The summed E-state index contributed by atoms with van der Waals surface area (Å²) in [5.41, 5.74) is 3.35. The average Bonchev–Trinajstić information content (AvgIpc) is 3.06. The topological polar surface area (TPSA) is 99.5 Å². The number of carbonyl (C=O) groups is 2. The van der Waals surface area contributed by atoms with Crippen LogP contribution in [0.2, 0.25) is 0 Å². The number of hydrogen-bond donors (Lipinski definition) is 3. The van der Waals surface area contributed by atoms with E-state index in [-0.39, 0.29) is 17.2 Å². The highest BCUT2D eigenvalue weighted by atomic mass is 32.1. The summed E-state index contributed by atoms with van der Waals surface area (Å²) in [6, 6.07) is 12.3. The van der Waals surface area contributed by atoms with Gasteiger partial charge in [-0.2, -0.15) is 0 Å². The third-order valence-electron chi connectivity index (χ3n) is 4.37. The Bertz CT molecular complexity index is 1040. The summed E-state index contributed by atoms with van der Waals surface area (Å²) in [5.74, 6) is -1.44. The SMILES string of the molecule is CNC(=O)CCc1nc(C)c(-c2cccc(-c3ccc(C(=O)O)c(O)c3)c2)s1. The van der Waals surface area contributed by atoms with Crippen LogP contribution in [0.4, 0.5) is 0 Å². The third kappa shape index (κ3) is 4.20. The van der Waals surface area contributed by atoms with Crippen molar-refractivity contribution in [3.05, 3.63) is 58.7 Å². The maximum atomic E-state index is 11.5. The predicted octanol–water partition coefficient (Wildman–Crippen LogP) is 3.87. The van der Waals surface area contributed by atoms with Gasteiger partial charge in [-0.15, -0.1) is 11.3 Å². The Labute approximate surface area is 166 Å². The zero-order valence-corrected chi connectivity index (χ0v) is 16.3. The number of hydrogen-bond acceptors (Lipinski definition) is 5. The highest BCUT2D eigenvalue weighted by Gasteiger charge is 2.13. The van der Waals surface area contributed by atoms with E-state index >= 15 is 0 Å². The molecule has 3 N–H and O–H groups in total. The fourth-order valence-corrected chi connectivity index (χ4v) is 3.97. The van der Waals surface area contributed by atoms with E-state index < -0.39 is 5.97 Å². The number of aromatic hydroxyl groups is 1. The van der Waals surface area contributed by atoms with Gasteiger partial charge in [0.1, 0.15) is 11.3 Å². The van der Waals surface area contributed by atoms with Gasteiger partial charge in [0, 0.05) is 19.9 Å². The fraction of sp³-hybridized carbons (Fsp3) is 0.190. The lowest BCUT2D eigenvalue weighted by atomic mass is 10.0. The molecule has 1 aromatic heterocycles. The van der Waals surface area contributed by atoms with Crippen LogP contribution in [-0.2, 0) is 11.2 Å². The number of aryl methyl sites for hydroxylation is 2. The summed E-state index contributed by atoms with van der Waals surface area (Å²) < 4.78 is 0. The molecule has 0 unspecified atom stereocenters. The molecular formula is C21H20N2O4S. The van der Waals surface area contributed by atoms with Crippen molar-refractivity contribution >= 4 is 23.2 Å². The summed E-state index contributed by atoms with van der Waals surface area (Å²) >= 11 is 1.56. The predicted molar refractivity (Wildman–Crippen MR) is 109 cm³/mol. The largest absolute Gasteiger partial charge is 0.507 e. The molecule has 6 nitrogen and oxygen atoms in total. The lowest BCUT2D eigenvalue weighted by Crippen LogP contribution is -2.17. The maximum absolute atomic E-state index is 11.5. The summed E-state index contributed by atoms with van der Waals surface area (Å²) in [7, 11) is 1.62. The number of benzene rings is 2. The molecule has 7 heteroatoms. The Morgan fingerprint density at radius 3 is 2.50 bits per heavy atom. The molecule has 0 aliphatic rings. The second-order valence-corrected chi connectivity index (χ2v) is 7.40. The Morgan fingerprint density at radius 1 is 1.11 bits per heavy atom. The van der Waals surface area contributed by atoms with Crippen molar-refractivity contribution in [3.63, 3.8) is 0 Å². The van der Waals surface area contributed by atoms with Gasteiger partial charge >= 0.3 is 5.97 Å². The van der Waals surface area contributed by atoms with Crippen LogP contribution >= 0.6 is 11.3 Å². The Kier molecular flexibility index (Phi) is 5.75. The van der Waals surface area contributed by atoms with E-state index in [4.69, 9.17) is 5.11 Å². The molecule has 1 heterocycles. The van der Waals surface area contributed by atoms with Crippen LogP contribution < -0.4 is 5.32 Å². The lowest BCUT2D eigenvalue weighted by Gasteiger charge is -2.07. The van der Waals surface area contributed by atoms with Crippen LogP contribution in [0.25, 0.3) is 21.6 Å². The van der Waals surface area contributed by atoms with Crippen molar-refractivity contribution in [2.45, 2.75) is 19.8 Å². The molecule has 2 aromatic carbocycles. The van der Waals surface area contributed by atoms with Crippen molar-refractivity contribution in [3.8, 4) is 27.3 Å². The van der Waals surface area contributed by atoms with Gasteiger partial charge in [0.15, 0.2) is 0 Å². The molecule has 0 spiro atoms. The second-order valence-electron chi connectivity index (χ2n) is 6.31. The number of phenols is 1. The molecule has 0 saturated heterocycles. The average molecular weight is 396 g/mol. The molecule has 3 rings (SSSR count). The van der Waals surface area contributed by atoms with E-state index in [1.165, 1.54) is 12.1 Å². The van der Waals surface area contributed by atoms with Gasteiger partial charge in [-0.25, -0.2) is 9.78 Å². The van der Waals surface area contributed by atoms with E-state index in [1.54, 1.807) is 24.5 Å². The van der Waals surface area contributed by atoms with Crippen LogP contribution in [0.5, 0.6) is 5.75 Å². The molecule has 144 valence electrons.